The fraction of sp³-hybridized carbons (Fsp3) is 0.577. The summed E-state index contributed by atoms with van der Waals surface area (Å²) in [4.78, 5) is 33.3. The van der Waals surface area contributed by atoms with Crippen LogP contribution in [0.15, 0.2) is 41.3 Å². The summed E-state index contributed by atoms with van der Waals surface area (Å²) in [7, 11) is 0. The molecule has 9 heteroatoms. The molecule has 1 saturated carbocycles. The summed E-state index contributed by atoms with van der Waals surface area (Å²) < 4.78 is 1.51. The van der Waals surface area contributed by atoms with E-state index < -0.39 is 5.69 Å². The maximum Gasteiger partial charge on any atom is 0.354 e. The van der Waals surface area contributed by atoms with Gasteiger partial charge in [-0.1, -0.05) is 12.1 Å². The third kappa shape index (κ3) is 6.68. The highest BCUT2D eigenvalue weighted by Gasteiger charge is 2.26. The minimum atomic E-state index is -0.408. The van der Waals surface area contributed by atoms with Crippen LogP contribution in [0.3, 0.4) is 0 Å². The number of carbonyl (C=O) groups is 1. The third-order valence-corrected chi connectivity index (χ3v) is 7.24. The second-order valence-corrected chi connectivity index (χ2v) is 9.96. The van der Waals surface area contributed by atoms with E-state index in [2.05, 4.69) is 38.0 Å². The van der Waals surface area contributed by atoms with Crippen LogP contribution < -0.4 is 21.6 Å². The number of anilines is 1. The number of rotatable bonds is 7. The molecule has 3 N–H and O–H groups in total. The Morgan fingerprint density at radius 2 is 1.74 bits per heavy atom. The summed E-state index contributed by atoms with van der Waals surface area (Å²) in [5.41, 5.74) is 1.64. The Hall–Kier alpha value is -2.75. The van der Waals surface area contributed by atoms with Crippen molar-refractivity contribution < 1.29 is 4.79 Å². The zero-order valence-electron chi connectivity index (χ0n) is 20.4. The first kappa shape index (κ1) is 24.0. The van der Waals surface area contributed by atoms with Crippen LogP contribution in [0.1, 0.15) is 37.7 Å². The molecule has 0 spiro atoms. The van der Waals surface area contributed by atoms with Gasteiger partial charge in [-0.3, -0.25) is 9.88 Å². The van der Waals surface area contributed by atoms with Gasteiger partial charge in [-0.25, -0.2) is 9.59 Å². The molecule has 0 bridgehead atoms. The lowest BCUT2D eigenvalue weighted by molar-refractivity contribution is 0.204. The molecule has 3 aliphatic rings. The molecule has 188 valence electrons. The molecule has 1 aromatic carbocycles. The number of aromatic nitrogens is 2. The second-order valence-electron chi connectivity index (χ2n) is 9.96. The van der Waals surface area contributed by atoms with E-state index in [1.165, 1.54) is 55.3 Å². The average molecular weight is 480 g/mol. The first-order chi connectivity index (χ1) is 17.1. The number of benzene rings is 1. The highest BCUT2D eigenvalue weighted by atomic mass is 16.2. The van der Waals surface area contributed by atoms with Crippen molar-refractivity contribution in [2.75, 3.05) is 51.1 Å². The lowest BCUT2D eigenvalue weighted by Gasteiger charge is -2.27. The Morgan fingerprint density at radius 3 is 2.49 bits per heavy atom. The summed E-state index contributed by atoms with van der Waals surface area (Å²) in [6, 6.07) is 11.1. The molecule has 1 aromatic heterocycles. The third-order valence-electron chi connectivity index (χ3n) is 7.24. The van der Waals surface area contributed by atoms with Crippen molar-refractivity contribution >= 4 is 11.8 Å². The van der Waals surface area contributed by atoms with Crippen molar-refractivity contribution in [3.8, 4) is 5.69 Å². The van der Waals surface area contributed by atoms with E-state index in [-0.39, 0.29) is 11.8 Å². The summed E-state index contributed by atoms with van der Waals surface area (Å²) in [5, 5.41) is 9.74. The van der Waals surface area contributed by atoms with Crippen molar-refractivity contribution in [3.05, 3.63) is 52.6 Å². The quantitative estimate of drug-likeness (QED) is 0.561. The summed E-state index contributed by atoms with van der Waals surface area (Å²) in [5.74, 6) is 0.276. The number of hydrogen-bond donors (Lipinski definition) is 3. The van der Waals surface area contributed by atoms with Crippen LogP contribution in [-0.4, -0.2) is 83.3 Å². The van der Waals surface area contributed by atoms with Gasteiger partial charge in [0.25, 0.3) is 0 Å². The molecule has 35 heavy (non-hydrogen) atoms. The van der Waals surface area contributed by atoms with Crippen LogP contribution in [0.25, 0.3) is 5.69 Å². The van der Waals surface area contributed by atoms with Gasteiger partial charge < -0.3 is 20.4 Å². The molecule has 2 amide bonds. The number of hydrogen-bond acceptors (Lipinski definition) is 6. The van der Waals surface area contributed by atoms with Gasteiger partial charge in [0.05, 0.1) is 5.69 Å². The molecule has 1 aliphatic carbocycles. The van der Waals surface area contributed by atoms with Crippen LogP contribution >= 0.6 is 0 Å². The number of piperazine rings is 1. The monoisotopic (exact) mass is 479 g/mol. The first-order valence-corrected chi connectivity index (χ1v) is 13.1. The van der Waals surface area contributed by atoms with Gasteiger partial charge in [0.1, 0.15) is 5.82 Å². The van der Waals surface area contributed by atoms with E-state index in [4.69, 9.17) is 0 Å². The number of amides is 2. The normalized spacial score (nSPS) is 21.5. The van der Waals surface area contributed by atoms with Gasteiger partial charge in [0, 0.05) is 51.0 Å². The van der Waals surface area contributed by atoms with Crippen LogP contribution in [0.4, 0.5) is 10.6 Å². The zero-order valence-corrected chi connectivity index (χ0v) is 20.4. The summed E-state index contributed by atoms with van der Waals surface area (Å²) >= 11 is 0. The maximum absolute atomic E-state index is 12.6. The Labute approximate surface area is 206 Å². The van der Waals surface area contributed by atoms with Gasteiger partial charge in [0.15, 0.2) is 0 Å². The van der Waals surface area contributed by atoms with E-state index in [0.717, 1.165) is 37.8 Å². The lowest BCUT2D eigenvalue weighted by Crippen LogP contribution is -2.48. The summed E-state index contributed by atoms with van der Waals surface area (Å²) in [6.45, 7) is 6.25. The second kappa shape index (κ2) is 11.3. The van der Waals surface area contributed by atoms with Crippen molar-refractivity contribution in [3.63, 3.8) is 0 Å². The average Bonchev–Trinajstić information content (AvgIpc) is 3.72. The number of urea groups is 1. The van der Waals surface area contributed by atoms with Crippen LogP contribution in [-0.2, 0) is 6.42 Å². The van der Waals surface area contributed by atoms with E-state index in [0.29, 0.717) is 19.1 Å². The van der Waals surface area contributed by atoms with Gasteiger partial charge in [0.2, 0.25) is 0 Å². The maximum atomic E-state index is 12.6. The number of nitrogens with one attached hydrogen (secondary N) is 3. The highest BCUT2D eigenvalue weighted by molar-refractivity contribution is 5.88. The Balaban J connectivity index is 1.12. The standard InChI is InChI=1S/C26H37N7O2/c34-25(32-18-12-27-13-19-32)29-24-11-17-33(26(35)30-24)23-7-3-20(4-8-23)9-15-31-14-1-2-21(10-16-31)28-22-5-6-22/h3-4,7-8,11,17,21-22,27-28H,1-2,5-6,9-10,12-16,18-19H2,(H,29,30,34,35). The molecule has 2 aromatic rings. The molecule has 5 rings (SSSR count). The van der Waals surface area contributed by atoms with Crippen LogP contribution in [0.2, 0.25) is 0 Å². The zero-order chi connectivity index (χ0) is 24.0. The van der Waals surface area contributed by atoms with Gasteiger partial charge in [-0.15, -0.1) is 0 Å². The predicted octanol–water partition coefficient (Wildman–Crippen LogP) is 1.82. The molecular formula is C26H37N7O2. The Kier molecular flexibility index (Phi) is 7.75. The van der Waals surface area contributed by atoms with Crippen molar-refractivity contribution in [2.24, 2.45) is 0 Å². The summed E-state index contributed by atoms with van der Waals surface area (Å²) in [6.07, 6.45) is 9.20. The first-order valence-electron chi connectivity index (χ1n) is 13.1. The SMILES string of the molecule is O=C(Nc1ccn(-c2ccc(CCN3CCCC(NC4CC4)CC3)cc2)c(=O)n1)N1CCNCC1. The Bertz CT molecular complexity index is 1040. The van der Waals surface area contributed by atoms with E-state index >= 15 is 0 Å². The van der Waals surface area contributed by atoms with Crippen molar-refractivity contribution in [1.29, 1.82) is 0 Å². The molecular weight excluding hydrogens is 442 g/mol. The molecule has 3 heterocycles. The molecule has 3 fully saturated rings. The minimum Gasteiger partial charge on any atom is -0.322 e. The van der Waals surface area contributed by atoms with Crippen LogP contribution in [0, 0.1) is 0 Å². The fourth-order valence-corrected chi connectivity index (χ4v) is 4.97. The lowest BCUT2D eigenvalue weighted by atomic mass is 10.1. The fourth-order valence-electron chi connectivity index (χ4n) is 4.97. The predicted molar refractivity (Wildman–Crippen MR) is 137 cm³/mol. The topological polar surface area (TPSA) is 94.5 Å². The van der Waals surface area contributed by atoms with Crippen molar-refractivity contribution in [1.82, 2.24) is 30.0 Å². The van der Waals surface area contributed by atoms with Crippen LogP contribution in [0.5, 0.6) is 0 Å². The highest BCUT2D eigenvalue weighted by Crippen LogP contribution is 2.22. The number of carbonyl (C=O) groups excluding carboxylic acids is 1. The molecule has 9 nitrogen and oxygen atoms in total. The van der Waals surface area contributed by atoms with E-state index in [1.807, 2.05) is 12.1 Å². The smallest absolute Gasteiger partial charge is 0.322 e. The van der Waals surface area contributed by atoms with Crippen molar-refractivity contribution in [2.45, 2.75) is 50.6 Å². The minimum absolute atomic E-state index is 0.223. The Morgan fingerprint density at radius 1 is 0.971 bits per heavy atom. The molecule has 0 radical (unpaired) electrons. The van der Waals surface area contributed by atoms with E-state index in [9.17, 15) is 9.59 Å². The van der Waals surface area contributed by atoms with Gasteiger partial charge in [-0.05, 0) is 75.4 Å². The molecule has 1 atom stereocenters. The van der Waals surface area contributed by atoms with Gasteiger partial charge in [-0.2, -0.15) is 4.98 Å². The van der Waals surface area contributed by atoms with E-state index in [1.54, 1.807) is 17.2 Å². The molecule has 2 aliphatic heterocycles. The molecule has 2 saturated heterocycles. The largest absolute Gasteiger partial charge is 0.354 e. The van der Waals surface area contributed by atoms with Gasteiger partial charge >= 0.3 is 11.7 Å². The molecule has 1 unspecified atom stereocenters. The number of likely N-dealkylation sites (tertiary alicyclic amines) is 1. The number of nitrogens with zero attached hydrogens (tertiary/aromatic N) is 4.